The van der Waals surface area contributed by atoms with Gasteiger partial charge in [-0.1, -0.05) is 6.92 Å². The predicted octanol–water partition coefficient (Wildman–Crippen LogP) is 0.465. The van der Waals surface area contributed by atoms with Crippen molar-refractivity contribution in [3.8, 4) is 0 Å². The summed E-state index contributed by atoms with van der Waals surface area (Å²) in [6, 6.07) is 0. The van der Waals surface area contributed by atoms with Gasteiger partial charge in [0.1, 0.15) is 0 Å². The van der Waals surface area contributed by atoms with Gasteiger partial charge in [0.05, 0.1) is 23.2 Å². The Kier molecular flexibility index (Phi) is 3.67. The quantitative estimate of drug-likeness (QED) is 0.584. The van der Waals surface area contributed by atoms with Crippen LogP contribution >= 0.6 is 0 Å². The van der Waals surface area contributed by atoms with Gasteiger partial charge in [-0.05, 0) is 31.1 Å². The number of carboxylic acid groups (broad SMARTS) is 4. The van der Waals surface area contributed by atoms with Crippen molar-refractivity contribution < 1.29 is 39.6 Å². The van der Waals surface area contributed by atoms with Crippen molar-refractivity contribution in [2.45, 2.75) is 20.3 Å². The van der Waals surface area contributed by atoms with E-state index in [-0.39, 0.29) is 6.42 Å². The van der Waals surface area contributed by atoms with Crippen LogP contribution in [0.5, 0.6) is 0 Å². The van der Waals surface area contributed by atoms with Crippen LogP contribution in [0.2, 0.25) is 0 Å². The molecule has 2 fully saturated rings. The van der Waals surface area contributed by atoms with Crippen LogP contribution in [0.4, 0.5) is 0 Å². The molecule has 2 saturated carbocycles. The summed E-state index contributed by atoms with van der Waals surface area (Å²) >= 11 is 0. The first-order chi connectivity index (χ1) is 10.0. The molecule has 0 saturated heterocycles. The molecule has 4 N–H and O–H groups in total. The average molecular weight is 314 g/mol. The van der Waals surface area contributed by atoms with Crippen LogP contribution in [0.15, 0.2) is 0 Å². The minimum atomic E-state index is -1.58. The van der Waals surface area contributed by atoms with Crippen LogP contribution in [-0.2, 0) is 19.2 Å². The Morgan fingerprint density at radius 1 is 0.955 bits per heavy atom. The smallest absolute Gasteiger partial charge is 0.310 e. The molecule has 2 rings (SSSR count). The van der Waals surface area contributed by atoms with Crippen molar-refractivity contribution in [2.75, 3.05) is 0 Å². The minimum absolute atomic E-state index is 0.124. The highest BCUT2D eigenvalue weighted by Gasteiger charge is 2.71. The molecule has 7 atom stereocenters. The Morgan fingerprint density at radius 3 is 1.86 bits per heavy atom. The predicted molar refractivity (Wildman–Crippen MR) is 69.9 cm³/mol. The molecule has 0 bridgehead atoms. The fourth-order valence-corrected chi connectivity index (χ4v) is 4.80. The molecule has 8 nitrogen and oxygen atoms in total. The van der Waals surface area contributed by atoms with E-state index < -0.39 is 64.8 Å². The zero-order chi connectivity index (χ0) is 17.0. The number of hydrogen-bond acceptors (Lipinski definition) is 4. The Balaban J connectivity index is 2.47. The van der Waals surface area contributed by atoms with Gasteiger partial charge in [0.25, 0.3) is 0 Å². The maximum atomic E-state index is 11.6. The Hall–Kier alpha value is -2.12. The van der Waals surface area contributed by atoms with Crippen molar-refractivity contribution >= 4 is 23.9 Å². The molecule has 2 aliphatic rings. The molecule has 0 spiro atoms. The first-order valence-electron chi connectivity index (χ1n) is 6.96. The maximum absolute atomic E-state index is 11.6. The van der Waals surface area contributed by atoms with Crippen LogP contribution < -0.4 is 0 Å². The summed E-state index contributed by atoms with van der Waals surface area (Å²) in [5, 5.41) is 37.3. The first-order valence-corrected chi connectivity index (χ1v) is 6.96. The van der Waals surface area contributed by atoms with Gasteiger partial charge in [-0.2, -0.15) is 0 Å². The molecule has 122 valence electrons. The summed E-state index contributed by atoms with van der Waals surface area (Å²) < 4.78 is 0. The second-order valence-corrected chi connectivity index (χ2v) is 6.50. The summed E-state index contributed by atoms with van der Waals surface area (Å²) in [6.45, 7) is 2.82. The fraction of sp³-hybridized carbons (Fsp3) is 0.714. The van der Waals surface area contributed by atoms with Crippen LogP contribution in [-0.4, -0.2) is 44.3 Å². The van der Waals surface area contributed by atoms with Crippen molar-refractivity contribution in [3.63, 3.8) is 0 Å². The maximum Gasteiger partial charge on any atom is 0.310 e. The van der Waals surface area contributed by atoms with Crippen molar-refractivity contribution in [1.82, 2.24) is 0 Å². The molecule has 0 aromatic rings. The molecule has 0 radical (unpaired) electrons. The molecule has 0 heterocycles. The van der Waals surface area contributed by atoms with E-state index in [0.29, 0.717) is 0 Å². The van der Waals surface area contributed by atoms with Gasteiger partial charge in [0.2, 0.25) is 0 Å². The van der Waals surface area contributed by atoms with E-state index in [0.717, 1.165) is 0 Å². The van der Waals surface area contributed by atoms with E-state index in [1.165, 1.54) is 13.8 Å². The molecule has 2 aliphatic carbocycles. The normalized spacial score (nSPS) is 43.5. The molecule has 8 heteroatoms. The summed E-state index contributed by atoms with van der Waals surface area (Å²) in [6.07, 6.45) is -0.124. The number of fused-ring (bicyclic) bond motifs is 1. The molecule has 0 amide bonds. The van der Waals surface area contributed by atoms with Gasteiger partial charge in [-0.15, -0.1) is 0 Å². The van der Waals surface area contributed by atoms with E-state index >= 15 is 0 Å². The fourth-order valence-electron chi connectivity index (χ4n) is 4.80. The van der Waals surface area contributed by atoms with E-state index in [2.05, 4.69) is 0 Å². The lowest BCUT2D eigenvalue weighted by Crippen LogP contribution is -2.68. The Labute approximate surface area is 125 Å². The zero-order valence-corrected chi connectivity index (χ0v) is 12.1. The third-order valence-corrected chi connectivity index (χ3v) is 5.65. The molecular formula is C14H18O8. The summed E-state index contributed by atoms with van der Waals surface area (Å²) in [4.78, 5) is 45.8. The molecule has 0 aromatic heterocycles. The van der Waals surface area contributed by atoms with Gasteiger partial charge in [-0.25, -0.2) is 0 Å². The topological polar surface area (TPSA) is 149 Å². The lowest BCUT2D eigenvalue weighted by molar-refractivity contribution is -0.222. The average Bonchev–Trinajstić information content (AvgIpc) is 2.34. The number of carboxylic acids is 4. The third kappa shape index (κ3) is 1.89. The Bertz CT molecular complexity index is 537. The molecule has 0 aliphatic heterocycles. The second kappa shape index (κ2) is 4.96. The largest absolute Gasteiger partial charge is 0.481 e. The first kappa shape index (κ1) is 16.3. The van der Waals surface area contributed by atoms with Crippen LogP contribution in [0.25, 0.3) is 0 Å². The van der Waals surface area contributed by atoms with Crippen molar-refractivity contribution in [2.24, 2.45) is 40.9 Å². The Morgan fingerprint density at radius 2 is 1.50 bits per heavy atom. The van der Waals surface area contributed by atoms with Gasteiger partial charge in [-0.3, -0.25) is 19.2 Å². The van der Waals surface area contributed by atoms with Gasteiger partial charge >= 0.3 is 23.9 Å². The lowest BCUT2D eigenvalue weighted by atomic mass is 9.39. The molecular weight excluding hydrogens is 296 g/mol. The van der Waals surface area contributed by atoms with E-state index in [4.69, 9.17) is 0 Å². The molecule has 22 heavy (non-hydrogen) atoms. The standard InChI is InChI=1S/C14H18O8/c1-4-7(11(17)18)5(10(15)16)3-6-8(4)14(2,13(21)22)9(6)12(19)20/h4-9H,3H2,1-2H3,(H,15,16)(H,17,18)(H,19,20)(H,21,22). The summed E-state index contributed by atoms with van der Waals surface area (Å²) in [5.41, 5.74) is -1.58. The van der Waals surface area contributed by atoms with Gasteiger partial charge < -0.3 is 20.4 Å². The highest BCUT2D eigenvalue weighted by molar-refractivity contribution is 5.87. The second-order valence-electron chi connectivity index (χ2n) is 6.50. The van der Waals surface area contributed by atoms with Gasteiger partial charge in [0, 0.05) is 0 Å². The third-order valence-electron chi connectivity index (χ3n) is 5.65. The zero-order valence-electron chi connectivity index (χ0n) is 12.1. The van der Waals surface area contributed by atoms with E-state index in [9.17, 15) is 39.6 Å². The molecule has 7 unspecified atom stereocenters. The molecule has 0 aromatic carbocycles. The summed E-state index contributed by atoms with van der Waals surface area (Å²) in [5.74, 6) is -10.8. The monoisotopic (exact) mass is 314 g/mol. The van der Waals surface area contributed by atoms with Crippen molar-refractivity contribution in [1.29, 1.82) is 0 Å². The highest BCUT2D eigenvalue weighted by Crippen LogP contribution is 2.65. The van der Waals surface area contributed by atoms with E-state index in [1.807, 2.05) is 0 Å². The van der Waals surface area contributed by atoms with E-state index in [1.54, 1.807) is 0 Å². The highest BCUT2D eigenvalue weighted by atomic mass is 16.4. The van der Waals surface area contributed by atoms with Crippen LogP contribution in [0.1, 0.15) is 20.3 Å². The number of carbonyl (C=O) groups is 4. The van der Waals surface area contributed by atoms with Gasteiger partial charge in [0.15, 0.2) is 0 Å². The number of rotatable bonds is 4. The van der Waals surface area contributed by atoms with Crippen LogP contribution in [0, 0.1) is 40.9 Å². The van der Waals surface area contributed by atoms with Crippen LogP contribution in [0.3, 0.4) is 0 Å². The van der Waals surface area contributed by atoms with Crippen molar-refractivity contribution in [3.05, 3.63) is 0 Å². The number of hydrogen-bond donors (Lipinski definition) is 4. The minimum Gasteiger partial charge on any atom is -0.481 e. The summed E-state index contributed by atoms with van der Waals surface area (Å²) in [7, 11) is 0. The lowest BCUT2D eigenvalue weighted by Gasteiger charge is -2.62. The number of aliphatic carboxylic acids is 4. The SMILES string of the molecule is CC1C(C(=O)O)C(C(=O)O)CC2C(C(=O)O)C(C)(C(=O)O)C12.